The molecule has 0 aliphatic rings. The first-order valence-corrected chi connectivity index (χ1v) is 8.89. The van der Waals surface area contributed by atoms with E-state index in [0.29, 0.717) is 27.7 Å². The van der Waals surface area contributed by atoms with Gasteiger partial charge >= 0.3 is 0 Å². The number of carbonyl (C=O) groups is 1. The second-order valence-corrected chi connectivity index (χ2v) is 6.54. The van der Waals surface area contributed by atoms with E-state index in [2.05, 4.69) is 15.5 Å². The summed E-state index contributed by atoms with van der Waals surface area (Å²) in [6.07, 6.45) is 0. The second-order valence-electron chi connectivity index (χ2n) is 6.10. The number of nitrogens with one attached hydrogen (secondary N) is 2. The Hall–Kier alpha value is -3.38. The van der Waals surface area contributed by atoms with Crippen molar-refractivity contribution in [1.82, 2.24) is 10.2 Å². The maximum absolute atomic E-state index is 14.0. The highest BCUT2D eigenvalue weighted by atomic mass is 35.5. The normalized spacial score (nSPS) is 10.8. The van der Waals surface area contributed by atoms with Crippen LogP contribution in [0.25, 0.3) is 22.0 Å². The molecule has 0 aliphatic carbocycles. The van der Waals surface area contributed by atoms with Crippen molar-refractivity contribution in [3.63, 3.8) is 0 Å². The number of carbonyl (C=O) groups excluding carboxylic acids is 1. The molecule has 4 aromatic rings. The summed E-state index contributed by atoms with van der Waals surface area (Å²) < 4.78 is 19.4. The number of rotatable bonds is 5. The second kappa shape index (κ2) is 7.70. The molecule has 1 amide bonds. The molecule has 5 nitrogen and oxygen atoms in total. The van der Waals surface area contributed by atoms with Crippen LogP contribution in [0.4, 0.5) is 10.2 Å². The lowest BCUT2D eigenvalue weighted by Gasteiger charge is -2.06. The molecule has 0 unspecified atom stereocenters. The van der Waals surface area contributed by atoms with E-state index < -0.39 is 0 Å². The number of amides is 1. The minimum absolute atomic E-state index is 0.163. The molecule has 140 valence electrons. The van der Waals surface area contributed by atoms with Gasteiger partial charge in [-0.3, -0.25) is 9.89 Å². The molecule has 3 aromatic carbocycles. The summed E-state index contributed by atoms with van der Waals surface area (Å²) in [5.74, 6) is 0.288. The SMILES string of the molecule is O=C(COc1ccc(Cl)cc1)Nc1n[nH]c2cc(-c3ccccc3F)ccc12. The lowest BCUT2D eigenvalue weighted by molar-refractivity contribution is -0.118. The van der Waals surface area contributed by atoms with Gasteiger partial charge in [0.1, 0.15) is 11.6 Å². The first kappa shape index (κ1) is 18.0. The predicted molar refractivity (Wildman–Crippen MR) is 107 cm³/mol. The van der Waals surface area contributed by atoms with Crippen LogP contribution in [0.2, 0.25) is 5.02 Å². The van der Waals surface area contributed by atoms with Gasteiger partial charge in [0.2, 0.25) is 0 Å². The molecule has 2 N–H and O–H groups in total. The topological polar surface area (TPSA) is 67.0 Å². The fraction of sp³-hybridized carbons (Fsp3) is 0.0476. The molecular formula is C21H15ClFN3O2. The number of fused-ring (bicyclic) bond motifs is 1. The fourth-order valence-corrected chi connectivity index (χ4v) is 2.95. The highest BCUT2D eigenvalue weighted by Gasteiger charge is 2.12. The number of ether oxygens (including phenoxy) is 1. The van der Waals surface area contributed by atoms with Crippen LogP contribution in [0.1, 0.15) is 0 Å². The Morgan fingerprint density at radius 1 is 1.11 bits per heavy atom. The van der Waals surface area contributed by atoms with Crippen LogP contribution in [-0.2, 0) is 4.79 Å². The van der Waals surface area contributed by atoms with Gasteiger partial charge in [0.15, 0.2) is 12.4 Å². The lowest BCUT2D eigenvalue weighted by Crippen LogP contribution is -2.20. The van der Waals surface area contributed by atoms with Crippen LogP contribution < -0.4 is 10.1 Å². The minimum Gasteiger partial charge on any atom is -0.484 e. The number of aromatic amines is 1. The number of nitrogens with zero attached hydrogens (tertiary/aromatic N) is 1. The van der Waals surface area contributed by atoms with Gasteiger partial charge in [-0.2, -0.15) is 5.10 Å². The smallest absolute Gasteiger partial charge is 0.263 e. The van der Waals surface area contributed by atoms with Gasteiger partial charge in [0.05, 0.1) is 5.52 Å². The van der Waals surface area contributed by atoms with E-state index in [-0.39, 0.29) is 18.3 Å². The molecular weight excluding hydrogens is 381 g/mol. The molecule has 0 saturated carbocycles. The number of halogens is 2. The Morgan fingerprint density at radius 3 is 2.68 bits per heavy atom. The predicted octanol–water partition coefficient (Wildman–Crippen LogP) is 5.04. The molecule has 28 heavy (non-hydrogen) atoms. The zero-order chi connectivity index (χ0) is 19.5. The molecule has 0 spiro atoms. The molecule has 0 bridgehead atoms. The zero-order valence-electron chi connectivity index (χ0n) is 14.6. The third-order valence-electron chi connectivity index (χ3n) is 4.19. The van der Waals surface area contributed by atoms with Gasteiger partial charge in [0, 0.05) is 16.0 Å². The number of anilines is 1. The monoisotopic (exact) mass is 395 g/mol. The Labute approximate surface area is 165 Å². The van der Waals surface area contributed by atoms with Gasteiger partial charge in [-0.1, -0.05) is 35.9 Å². The van der Waals surface area contributed by atoms with Gasteiger partial charge in [-0.05, 0) is 48.0 Å². The number of benzene rings is 3. The maximum Gasteiger partial charge on any atom is 0.263 e. The summed E-state index contributed by atoms with van der Waals surface area (Å²) in [6, 6.07) is 18.7. The first-order chi connectivity index (χ1) is 13.6. The highest BCUT2D eigenvalue weighted by Crippen LogP contribution is 2.28. The Balaban J connectivity index is 1.48. The van der Waals surface area contributed by atoms with Gasteiger partial charge in [-0.15, -0.1) is 0 Å². The average Bonchev–Trinajstić information content (AvgIpc) is 3.10. The van der Waals surface area contributed by atoms with Gasteiger partial charge < -0.3 is 10.1 Å². The van der Waals surface area contributed by atoms with Crippen LogP contribution in [0.3, 0.4) is 0 Å². The van der Waals surface area contributed by atoms with Crippen LogP contribution >= 0.6 is 11.6 Å². The summed E-state index contributed by atoms with van der Waals surface area (Å²) in [6.45, 7) is -0.163. The number of hydrogen-bond acceptors (Lipinski definition) is 3. The summed E-state index contributed by atoms with van der Waals surface area (Å²) >= 11 is 5.82. The van der Waals surface area contributed by atoms with Crippen molar-refractivity contribution in [1.29, 1.82) is 0 Å². The molecule has 0 fully saturated rings. The van der Waals surface area contributed by atoms with Crippen molar-refractivity contribution in [3.8, 4) is 16.9 Å². The molecule has 0 radical (unpaired) electrons. The van der Waals surface area contributed by atoms with Crippen molar-refractivity contribution in [3.05, 3.63) is 77.6 Å². The standard InChI is InChI=1S/C21H15ClFN3O2/c22-14-6-8-15(9-7-14)28-12-20(27)24-21-17-10-5-13(11-19(17)25-26-21)16-3-1-2-4-18(16)23/h1-11H,12H2,(H2,24,25,26,27). The number of H-pyrrole nitrogens is 1. The van der Waals surface area contributed by atoms with Crippen molar-refractivity contribution in [2.45, 2.75) is 0 Å². The third kappa shape index (κ3) is 3.82. The first-order valence-electron chi connectivity index (χ1n) is 8.51. The molecule has 4 rings (SSSR count). The lowest BCUT2D eigenvalue weighted by atomic mass is 10.0. The van der Waals surface area contributed by atoms with Crippen LogP contribution in [0, 0.1) is 5.82 Å². The Morgan fingerprint density at radius 2 is 1.89 bits per heavy atom. The van der Waals surface area contributed by atoms with Crippen molar-refractivity contribution in [2.75, 3.05) is 11.9 Å². The molecule has 0 atom stereocenters. The average molecular weight is 396 g/mol. The number of aromatic nitrogens is 2. The summed E-state index contributed by atoms with van der Waals surface area (Å²) in [5, 5.41) is 11.0. The molecule has 0 aliphatic heterocycles. The molecule has 1 aromatic heterocycles. The van der Waals surface area contributed by atoms with Crippen molar-refractivity contribution >= 4 is 34.2 Å². The summed E-state index contributed by atoms with van der Waals surface area (Å²) in [7, 11) is 0. The fourth-order valence-electron chi connectivity index (χ4n) is 2.83. The summed E-state index contributed by atoms with van der Waals surface area (Å²) in [4.78, 5) is 12.2. The van der Waals surface area contributed by atoms with Gasteiger partial charge in [-0.25, -0.2) is 4.39 Å². The van der Waals surface area contributed by atoms with E-state index in [0.717, 1.165) is 10.9 Å². The Bertz CT molecular complexity index is 1140. The Kier molecular flexibility index (Phi) is 4.95. The van der Waals surface area contributed by atoms with Crippen molar-refractivity contribution in [2.24, 2.45) is 0 Å². The quantitative estimate of drug-likeness (QED) is 0.497. The van der Waals surface area contributed by atoms with E-state index in [1.807, 2.05) is 0 Å². The number of hydrogen-bond donors (Lipinski definition) is 2. The van der Waals surface area contributed by atoms with E-state index in [1.54, 1.807) is 60.7 Å². The third-order valence-corrected chi connectivity index (χ3v) is 4.44. The van der Waals surface area contributed by atoms with Crippen LogP contribution in [0.5, 0.6) is 5.75 Å². The largest absolute Gasteiger partial charge is 0.484 e. The van der Waals surface area contributed by atoms with E-state index in [9.17, 15) is 9.18 Å². The van der Waals surface area contributed by atoms with Crippen LogP contribution in [0.15, 0.2) is 66.7 Å². The van der Waals surface area contributed by atoms with E-state index in [4.69, 9.17) is 16.3 Å². The summed E-state index contributed by atoms with van der Waals surface area (Å²) in [5.41, 5.74) is 1.91. The maximum atomic E-state index is 14.0. The minimum atomic E-state index is -0.346. The molecule has 1 heterocycles. The highest BCUT2D eigenvalue weighted by molar-refractivity contribution is 6.30. The van der Waals surface area contributed by atoms with Crippen LogP contribution in [-0.4, -0.2) is 22.7 Å². The van der Waals surface area contributed by atoms with Gasteiger partial charge in [0.25, 0.3) is 5.91 Å². The van der Waals surface area contributed by atoms with E-state index >= 15 is 0 Å². The molecule has 7 heteroatoms. The van der Waals surface area contributed by atoms with E-state index in [1.165, 1.54) is 6.07 Å². The zero-order valence-corrected chi connectivity index (χ0v) is 15.3. The molecule has 0 saturated heterocycles. The van der Waals surface area contributed by atoms with Crippen molar-refractivity contribution < 1.29 is 13.9 Å².